The minimum absolute atomic E-state index is 0.152. The average molecular weight is 339 g/mol. The van der Waals surface area contributed by atoms with Crippen LogP contribution >= 0.6 is 0 Å². The number of amides is 1. The lowest BCUT2D eigenvalue weighted by Gasteiger charge is -2.30. The van der Waals surface area contributed by atoms with E-state index in [9.17, 15) is 14.0 Å². The minimum atomic E-state index is -0.808. The molecule has 0 fully saturated rings. The molecule has 0 bridgehead atoms. The maximum absolute atomic E-state index is 13.1. The quantitative estimate of drug-likeness (QED) is 0.681. The van der Waals surface area contributed by atoms with Gasteiger partial charge in [-0.2, -0.15) is 0 Å². The largest absolute Gasteiger partial charge is 0.464 e. The summed E-state index contributed by atoms with van der Waals surface area (Å²) in [5.74, 6) is -0.689. The van der Waals surface area contributed by atoms with Crippen molar-refractivity contribution in [3.63, 3.8) is 0 Å². The Labute approximate surface area is 142 Å². The van der Waals surface area contributed by atoms with Crippen LogP contribution in [-0.2, 0) is 20.7 Å². The lowest BCUT2D eigenvalue weighted by molar-refractivity contribution is -0.149. The second-order valence-electron chi connectivity index (χ2n) is 5.84. The maximum Gasteiger partial charge on any atom is 0.410 e. The van der Waals surface area contributed by atoms with Crippen LogP contribution in [0.5, 0.6) is 0 Å². The van der Waals surface area contributed by atoms with Gasteiger partial charge in [0.2, 0.25) is 0 Å². The molecule has 1 aromatic carbocycles. The molecule has 0 heterocycles. The van der Waals surface area contributed by atoms with Crippen LogP contribution in [0, 0.1) is 11.7 Å². The number of nitrogens with zero attached hydrogens (tertiary/aromatic N) is 1. The third-order valence-electron chi connectivity index (χ3n) is 3.34. The Kier molecular flexibility index (Phi) is 8.22. The van der Waals surface area contributed by atoms with Gasteiger partial charge in [-0.25, -0.2) is 14.0 Å². The van der Waals surface area contributed by atoms with Crippen LogP contribution in [0.3, 0.4) is 0 Å². The van der Waals surface area contributed by atoms with E-state index in [-0.39, 0.29) is 31.4 Å². The van der Waals surface area contributed by atoms with Crippen molar-refractivity contribution < 1.29 is 23.5 Å². The molecule has 0 aliphatic rings. The van der Waals surface area contributed by atoms with Gasteiger partial charge in [0.1, 0.15) is 11.9 Å². The van der Waals surface area contributed by atoms with Gasteiger partial charge in [0, 0.05) is 13.0 Å². The van der Waals surface area contributed by atoms with E-state index < -0.39 is 18.1 Å². The molecule has 0 radical (unpaired) electrons. The summed E-state index contributed by atoms with van der Waals surface area (Å²) in [6.07, 6.45) is -0.309. The Morgan fingerprint density at radius 3 is 2.17 bits per heavy atom. The first-order valence-corrected chi connectivity index (χ1v) is 8.23. The van der Waals surface area contributed by atoms with Crippen molar-refractivity contribution in [1.29, 1.82) is 0 Å². The van der Waals surface area contributed by atoms with E-state index >= 15 is 0 Å². The number of hydrogen-bond acceptors (Lipinski definition) is 4. The van der Waals surface area contributed by atoms with Crippen molar-refractivity contribution in [2.75, 3.05) is 19.8 Å². The average Bonchev–Trinajstić information content (AvgIpc) is 2.52. The van der Waals surface area contributed by atoms with Crippen molar-refractivity contribution in [2.24, 2.45) is 5.92 Å². The number of carbonyl (C=O) groups is 2. The summed E-state index contributed by atoms with van der Waals surface area (Å²) in [4.78, 5) is 26.1. The third kappa shape index (κ3) is 6.18. The van der Waals surface area contributed by atoms with E-state index in [1.807, 2.05) is 13.8 Å². The zero-order valence-corrected chi connectivity index (χ0v) is 14.8. The van der Waals surface area contributed by atoms with Gasteiger partial charge in [0.15, 0.2) is 0 Å². The van der Waals surface area contributed by atoms with Gasteiger partial charge in [-0.15, -0.1) is 0 Å². The van der Waals surface area contributed by atoms with Crippen molar-refractivity contribution >= 4 is 12.1 Å². The molecule has 1 aromatic rings. The number of ether oxygens (including phenoxy) is 2. The molecule has 6 heteroatoms. The summed E-state index contributed by atoms with van der Waals surface area (Å²) in [6, 6.07) is 5.04. The summed E-state index contributed by atoms with van der Waals surface area (Å²) < 4.78 is 23.3. The van der Waals surface area contributed by atoms with Crippen molar-refractivity contribution in [3.05, 3.63) is 35.6 Å². The second-order valence-corrected chi connectivity index (χ2v) is 5.84. The Hall–Kier alpha value is -2.11. The van der Waals surface area contributed by atoms with Crippen molar-refractivity contribution in [1.82, 2.24) is 4.90 Å². The molecule has 1 unspecified atom stereocenters. The number of carbonyl (C=O) groups excluding carboxylic acids is 2. The molecule has 1 amide bonds. The number of halogens is 1. The number of esters is 1. The predicted octanol–water partition coefficient (Wildman–Crippen LogP) is 3.41. The Balaban J connectivity index is 3.08. The van der Waals surface area contributed by atoms with Gasteiger partial charge in [-0.1, -0.05) is 26.0 Å². The van der Waals surface area contributed by atoms with Crippen molar-refractivity contribution in [2.45, 2.75) is 40.2 Å². The normalized spacial score (nSPS) is 11.9. The van der Waals surface area contributed by atoms with Crippen LogP contribution in [0.25, 0.3) is 0 Å². The van der Waals surface area contributed by atoms with E-state index in [2.05, 4.69) is 0 Å². The summed E-state index contributed by atoms with van der Waals surface area (Å²) in [5, 5.41) is 0. The van der Waals surface area contributed by atoms with Gasteiger partial charge < -0.3 is 9.47 Å². The molecule has 0 aliphatic carbocycles. The SMILES string of the molecule is CCOC(=O)C(Cc1ccc(F)cc1)N(CC(C)C)C(=O)OCC. The first-order valence-electron chi connectivity index (χ1n) is 8.23. The number of benzene rings is 1. The molecule has 0 N–H and O–H groups in total. The topological polar surface area (TPSA) is 55.8 Å². The molecule has 0 saturated carbocycles. The lowest BCUT2D eigenvalue weighted by atomic mass is 10.0. The van der Waals surface area contributed by atoms with Gasteiger partial charge in [-0.05, 0) is 37.5 Å². The molecule has 0 aliphatic heterocycles. The standard InChI is InChI=1S/C18H26FNO4/c1-5-23-17(21)16(11-14-7-9-15(19)10-8-14)20(12-13(3)4)18(22)24-6-2/h7-10,13,16H,5-6,11-12H2,1-4H3. The van der Waals surface area contributed by atoms with Crippen LogP contribution in [0.2, 0.25) is 0 Å². The fraction of sp³-hybridized carbons (Fsp3) is 0.556. The number of hydrogen-bond donors (Lipinski definition) is 0. The zero-order valence-electron chi connectivity index (χ0n) is 14.8. The molecule has 0 aromatic heterocycles. The van der Waals surface area contributed by atoms with Gasteiger partial charge in [0.05, 0.1) is 13.2 Å². The highest BCUT2D eigenvalue weighted by atomic mass is 19.1. The summed E-state index contributed by atoms with van der Waals surface area (Å²) in [5.41, 5.74) is 0.743. The Bertz CT molecular complexity index is 530. The molecular formula is C18H26FNO4. The first kappa shape index (κ1) is 19.9. The first-order chi connectivity index (χ1) is 11.4. The Morgan fingerprint density at radius 2 is 1.67 bits per heavy atom. The van der Waals surface area contributed by atoms with Crippen LogP contribution in [0.1, 0.15) is 33.3 Å². The van der Waals surface area contributed by atoms with Crippen LogP contribution in [-0.4, -0.2) is 42.8 Å². The lowest BCUT2D eigenvalue weighted by Crippen LogP contribution is -2.49. The van der Waals surface area contributed by atoms with Crippen LogP contribution in [0.15, 0.2) is 24.3 Å². The fourth-order valence-corrected chi connectivity index (χ4v) is 2.33. The van der Waals surface area contributed by atoms with E-state index in [1.165, 1.54) is 17.0 Å². The predicted molar refractivity (Wildman–Crippen MR) is 89.1 cm³/mol. The highest BCUT2D eigenvalue weighted by Gasteiger charge is 2.32. The second kappa shape index (κ2) is 9.90. The highest BCUT2D eigenvalue weighted by Crippen LogP contribution is 2.15. The van der Waals surface area contributed by atoms with E-state index in [1.54, 1.807) is 26.0 Å². The summed E-state index contributed by atoms with van der Waals surface area (Å²) in [6.45, 7) is 8.13. The fourth-order valence-electron chi connectivity index (χ4n) is 2.33. The highest BCUT2D eigenvalue weighted by molar-refractivity contribution is 5.81. The van der Waals surface area contributed by atoms with Gasteiger partial charge in [-0.3, -0.25) is 4.90 Å². The third-order valence-corrected chi connectivity index (χ3v) is 3.34. The zero-order chi connectivity index (χ0) is 18.1. The van der Waals surface area contributed by atoms with Gasteiger partial charge >= 0.3 is 12.1 Å². The van der Waals surface area contributed by atoms with Gasteiger partial charge in [0.25, 0.3) is 0 Å². The summed E-state index contributed by atoms with van der Waals surface area (Å²) in [7, 11) is 0. The molecular weight excluding hydrogens is 313 g/mol. The van der Waals surface area contributed by atoms with Crippen LogP contribution < -0.4 is 0 Å². The molecule has 5 nitrogen and oxygen atoms in total. The smallest absolute Gasteiger partial charge is 0.410 e. The Morgan fingerprint density at radius 1 is 1.08 bits per heavy atom. The molecule has 1 atom stereocenters. The van der Waals surface area contributed by atoms with E-state index in [4.69, 9.17) is 9.47 Å². The van der Waals surface area contributed by atoms with E-state index in [0.29, 0.717) is 6.54 Å². The number of rotatable bonds is 8. The summed E-state index contributed by atoms with van der Waals surface area (Å²) >= 11 is 0. The maximum atomic E-state index is 13.1. The molecule has 134 valence electrons. The molecule has 0 spiro atoms. The van der Waals surface area contributed by atoms with Crippen molar-refractivity contribution in [3.8, 4) is 0 Å². The molecule has 24 heavy (non-hydrogen) atoms. The minimum Gasteiger partial charge on any atom is -0.464 e. The molecule has 0 saturated heterocycles. The van der Waals surface area contributed by atoms with Crippen LogP contribution in [0.4, 0.5) is 9.18 Å². The monoisotopic (exact) mass is 339 g/mol. The van der Waals surface area contributed by atoms with E-state index in [0.717, 1.165) is 5.56 Å². The molecule has 1 rings (SSSR count).